The minimum atomic E-state index is 1.19. The summed E-state index contributed by atoms with van der Waals surface area (Å²) >= 11 is 0. The van der Waals surface area contributed by atoms with Crippen molar-refractivity contribution in [3.63, 3.8) is 0 Å². The molecule has 0 N–H and O–H groups in total. The Hall–Kier alpha value is -0.0400. The first-order valence-electron chi connectivity index (χ1n) is 6.65. The SMILES string of the molecule is CCCCCCCC[N+](C)(C)CC.[CH2]C. The van der Waals surface area contributed by atoms with Gasteiger partial charge in [0.25, 0.3) is 0 Å². The lowest BCUT2D eigenvalue weighted by Gasteiger charge is -2.28. The number of nitrogens with zero attached hydrogens (tertiary/aromatic N) is 1. The van der Waals surface area contributed by atoms with E-state index in [1.165, 1.54) is 56.1 Å². The molecule has 93 valence electrons. The lowest BCUT2D eigenvalue weighted by molar-refractivity contribution is -0.888. The Kier molecular flexibility index (Phi) is 13.9. The average Bonchev–Trinajstić information content (AvgIpc) is 2.26. The van der Waals surface area contributed by atoms with Crippen LogP contribution in [-0.4, -0.2) is 31.7 Å². The number of hydrogen-bond acceptors (Lipinski definition) is 0. The summed E-state index contributed by atoms with van der Waals surface area (Å²) in [5.41, 5.74) is 0. The Morgan fingerprint density at radius 3 is 1.73 bits per heavy atom. The molecule has 0 saturated heterocycles. The van der Waals surface area contributed by atoms with Crippen LogP contribution in [0, 0.1) is 6.92 Å². The summed E-state index contributed by atoms with van der Waals surface area (Å²) in [6, 6.07) is 0. The van der Waals surface area contributed by atoms with Gasteiger partial charge in [-0.05, 0) is 19.8 Å². The molecule has 0 aromatic heterocycles. The fourth-order valence-corrected chi connectivity index (χ4v) is 1.48. The zero-order chi connectivity index (χ0) is 12.2. The number of rotatable bonds is 8. The maximum Gasteiger partial charge on any atom is 0.0782 e. The van der Waals surface area contributed by atoms with Crippen molar-refractivity contribution >= 4 is 0 Å². The molecule has 0 rings (SSSR count). The molecule has 0 aliphatic heterocycles. The Balaban J connectivity index is 0. The number of hydrogen-bond donors (Lipinski definition) is 0. The third kappa shape index (κ3) is 14.0. The molecule has 0 fully saturated rings. The molecule has 0 unspecified atom stereocenters. The molecule has 1 radical (unpaired) electrons. The van der Waals surface area contributed by atoms with Gasteiger partial charge in [0, 0.05) is 0 Å². The molecule has 0 bridgehead atoms. The van der Waals surface area contributed by atoms with Crippen LogP contribution in [0.15, 0.2) is 0 Å². The quantitative estimate of drug-likeness (QED) is 0.419. The monoisotopic (exact) mass is 215 g/mol. The van der Waals surface area contributed by atoms with Crippen molar-refractivity contribution in [2.24, 2.45) is 0 Å². The Labute approximate surface area is 98.5 Å². The predicted octanol–water partition coefficient (Wildman–Crippen LogP) is 4.28. The first-order valence-corrected chi connectivity index (χ1v) is 6.65. The van der Waals surface area contributed by atoms with Gasteiger partial charge in [-0.15, -0.1) is 0 Å². The van der Waals surface area contributed by atoms with E-state index in [-0.39, 0.29) is 0 Å². The minimum Gasteiger partial charge on any atom is -0.329 e. The maximum atomic E-state index is 3.25. The third-order valence-corrected chi connectivity index (χ3v) is 2.97. The zero-order valence-electron chi connectivity index (χ0n) is 11.8. The van der Waals surface area contributed by atoms with Crippen molar-refractivity contribution in [1.82, 2.24) is 0 Å². The van der Waals surface area contributed by atoms with Crippen LogP contribution in [0.5, 0.6) is 0 Å². The largest absolute Gasteiger partial charge is 0.329 e. The van der Waals surface area contributed by atoms with Crippen LogP contribution in [0.4, 0.5) is 0 Å². The zero-order valence-corrected chi connectivity index (χ0v) is 11.8. The second-order valence-electron chi connectivity index (χ2n) is 4.74. The van der Waals surface area contributed by atoms with E-state index in [2.05, 4.69) is 34.9 Å². The van der Waals surface area contributed by atoms with Crippen LogP contribution in [-0.2, 0) is 0 Å². The molecule has 1 heteroatoms. The minimum absolute atomic E-state index is 1.19. The molecule has 15 heavy (non-hydrogen) atoms. The van der Waals surface area contributed by atoms with Crippen LogP contribution in [0.25, 0.3) is 0 Å². The van der Waals surface area contributed by atoms with Crippen molar-refractivity contribution in [2.45, 2.75) is 59.3 Å². The standard InChI is InChI=1S/C12H28N.C2H5/c1-5-7-8-9-10-11-12-13(3,4)6-2;1-2/h5-12H2,1-4H3;1H2,2H3/q+1;. The lowest BCUT2D eigenvalue weighted by Crippen LogP contribution is -2.39. The molecule has 0 aromatic rings. The molecule has 0 spiro atoms. The second kappa shape index (κ2) is 12.0. The molecule has 0 saturated carbocycles. The van der Waals surface area contributed by atoms with E-state index in [0.717, 1.165) is 0 Å². The van der Waals surface area contributed by atoms with Gasteiger partial charge in [-0.3, -0.25) is 0 Å². The van der Waals surface area contributed by atoms with Crippen LogP contribution in [0.3, 0.4) is 0 Å². The Morgan fingerprint density at radius 2 is 1.27 bits per heavy atom. The number of quaternary nitrogens is 1. The summed E-state index contributed by atoms with van der Waals surface area (Å²) in [5.74, 6) is 0. The van der Waals surface area contributed by atoms with Gasteiger partial charge in [0.15, 0.2) is 0 Å². The lowest BCUT2D eigenvalue weighted by atomic mass is 10.1. The highest BCUT2D eigenvalue weighted by Crippen LogP contribution is 2.07. The molecule has 0 aromatic carbocycles. The summed E-state index contributed by atoms with van der Waals surface area (Å²) in [6.07, 6.45) is 8.50. The van der Waals surface area contributed by atoms with Gasteiger partial charge in [-0.1, -0.05) is 46.5 Å². The Morgan fingerprint density at radius 1 is 0.800 bits per heavy atom. The molecule has 0 amide bonds. The molecule has 1 nitrogen and oxygen atoms in total. The van der Waals surface area contributed by atoms with Gasteiger partial charge < -0.3 is 4.48 Å². The van der Waals surface area contributed by atoms with Crippen molar-refractivity contribution in [1.29, 1.82) is 0 Å². The van der Waals surface area contributed by atoms with Crippen LogP contribution in [0.1, 0.15) is 59.3 Å². The highest BCUT2D eigenvalue weighted by Gasteiger charge is 2.09. The smallest absolute Gasteiger partial charge is 0.0782 e. The molecule has 0 heterocycles. The van der Waals surface area contributed by atoms with E-state index in [0.29, 0.717) is 0 Å². The van der Waals surface area contributed by atoms with Crippen LogP contribution >= 0.6 is 0 Å². The summed E-state index contributed by atoms with van der Waals surface area (Å²) in [5, 5.41) is 0. The fourth-order valence-electron chi connectivity index (χ4n) is 1.48. The van der Waals surface area contributed by atoms with Crippen LogP contribution < -0.4 is 0 Å². The maximum absolute atomic E-state index is 3.25. The van der Waals surface area contributed by atoms with Crippen molar-refractivity contribution in [2.75, 3.05) is 27.2 Å². The first kappa shape index (κ1) is 17.4. The van der Waals surface area contributed by atoms with Gasteiger partial charge in [0.2, 0.25) is 0 Å². The fraction of sp³-hybridized carbons (Fsp3) is 0.929. The molecule has 0 aliphatic carbocycles. The highest BCUT2D eigenvalue weighted by molar-refractivity contribution is 4.43. The van der Waals surface area contributed by atoms with E-state index in [4.69, 9.17) is 0 Å². The van der Waals surface area contributed by atoms with Gasteiger partial charge in [0.1, 0.15) is 0 Å². The molecular weight excluding hydrogens is 182 g/mol. The van der Waals surface area contributed by atoms with Gasteiger partial charge in [0.05, 0.1) is 27.2 Å². The molecule has 0 atom stereocenters. The van der Waals surface area contributed by atoms with Crippen molar-refractivity contribution in [3.8, 4) is 0 Å². The van der Waals surface area contributed by atoms with E-state index >= 15 is 0 Å². The molecular formula is C14H33N+. The van der Waals surface area contributed by atoms with Gasteiger partial charge in [-0.2, -0.15) is 0 Å². The van der Waals surface area contributed by atoms with E-state index < -0.39 is 0 Å². The first-order chi connectivity index (χ1) is 7.12. The van der Waals surface area contributed by atoms with Gasteiger partial charge in [-0.25, -0.2) is 0 Å². The van der Waals surface area contributed by atoms with Crippen molar-refractivity contribution in [3.05, 3.63) is 6.92 Å². The highest BCUT2D eigenvalue weighted by atomic mass is 15.3. The average molecular weight is 215 g/mol. The predicted molar refractivity (Wildman–Crippen MR) is 71.9 cm³/mol. The topological polar surface area (TPSA) is 0 Å². The number of unbranched alkanes of at least 4 members (excludes halogenated alkanes) is 5. The van der Waals surface area contributed by atoms with Gasteiger partial charge >= 0.3 is 0 Å². The summed E-state index contributed by atoms with van der Waals surface area (Å²) in [7, 11) is 4.65. The van der Waals surface area contributed by atoms with E-state index in [9.17, 15) is 0 Å². The third-order valence-electron chi connectivity index (χ3n) is 2.97. The summed E-state index contributed by atoms with van der Waals surface area (Å²) in [6.45, 7) is 12.2. The summed E-state index contributed by atoms with van der Waals surface area (Å²) in [4.78, 5) is 0. The summed E-state index contributed by atoms with van der Waals surface area (Å²) < 4.78 is 1.19. The Bertz CT molecular complexity index is 108. The van der Waals surface area contributed by atoms with E-state index in [1.54, 1.807) is 6.92 Å². The molecule has 0 aliphatic rings. The second-order valence-corrected chi connectivity index (χ2v) is 4.74. The normalized spacial score (nSPS) is 10.8. The van der Waals surface area contributed by atoms with Crippen molar-refractivity contribution < 1.29 is 4.48 Å². The van der Waals surface area contributed by atoms with Crippen LogP contribution in [0.2, 0.25) is 0 Å². The van der Waals surface area contributed by atoms with E-state index in [1.807, 2.05) is 0 Å².